The Morgan fingerprint density at radius 3 is 2.23 bits per heavy atom. The molecule has 0 aliphatic heterocycles. The van der Waals surface area contributed by atoms with E-state index in [1.165, 1.54) is 0 Å². The Labute approximate surface area is 178 Å². The molecule has 2 N–H and O–H groups in total. The Morgan fingerprint density at radius 1 is 1.07 bits per heavy atom. The van der Waals surface area contributed by atoms with Crippen LogP contribution in [0.15, 0.2) is 47.8 Å². The van der Waals surface area contributed by atoms with Gasteiger partial charge in [0, 0.05) is 35.9 Å². The summed E-state index contributed by atoms with van der Waals surface area (Å²) in [6.45, 7) is 12.0. The number of rotatable bonds is 9. The number of carbonyl (C=O) groups excluding carboxylic acids is 2. The Kier molecular flexibility index (Phi) is 8.68. The van der Waals surface area contributed by atoms with Crippen molar-refractivity contribution in [2.45, 2.75) is 34.6 Å². The van der Waals surface area contributed by atoms with Crippen molar-refractivity contribution in [2.24, 2.45) is 11.0 Å². The van der Waals surface area contributed by atoms with Crippen LogP contribution in [0.3, 0.4) is 0 Å². The van der Waals surface area contributed by atoms with E-state index < -0.39 is 5.92 Å². The normalized spacial score (nSPS) is 12.5. The predicted octanol–water partition coefficient (Wildman–Crippen LogP) is 3.40. The standard InChI is InChI=1S/C23H31N5O2/c1-6-28(7-2)15-20(23(30)25-21-16(3)9-8-10-17(21)4)18(5)26-27-22(29)19-11-13-24-14-12-19/h8-14,20H,6-7,15H2,1-5H3,(H,25,30)(H,27,29)/b26-18+. The van der Waals surface area contributed by atoms with E-state index in [1.807, 2.05) is 32.0 Å². The second kappa shape index (κ2) is 11.2. The van der Waals surface area contributed by atoms with Gasteiger partial charge < -0.3 is 10.2 Å². The third kappa shape index (κ3) is 6.22. The van der Waals surface area contributed by atoms with Crippen LogP contribution in [-0.4, -0.2) is 47.0 Å². The summed E-state index contributed by atoms with van der Waals surface area (Å²) >= 11 is 0. The zero-order valence-corrected chi connectivity index (χ0v) is 18.4. The number of aromatic nitrogens is 1. The monoisotopic (exact) mass is 409 g/mol. The molecule has 7 nitrogen and oxygen atoms in total. The van der Waals surface area contributed by atoms with Gasteiger partial charge in [0.2, 0.25) is 5.91 Å². The maximum atomic E-state index is 13.2. The Hall–Kier alpha value is -3.06. The van der Waals surface area contributed by atoms with Crippen LogP contribution in [0.1, 0.15) is 42.3 Å². The first-order valence-corrected chi connectivity index (χ1v) is 10.2. The Morgan fingerprint density at radius 2 is 1.67 bits per heavy atom. The first-order valence-electron chi connectivity index (χ1n) is 10.2. The molecule has 0 saturated carbocycles. The molecule has 1 aromatic heterocycles. The highest BCUT2D eigenvalue weighted by atomic mass is 16.2. The molecule has 0 bridgehead atoms. The van der Waals surface area contributed by atoms with Crippen LogP contribution in [0.2, 0.25) is 0 Å². The predicted molar refractivity (Wildman–Crippen MR) is 121 cm³/mol. The van der Waals surface area contributed by atoms with Crippen LogP contribution in [0, 0.1) is 19.8 Å². The lowest BCUT2D eigenvalue weighted by atomic mass is 10.0. The topological polar surface area (TPSA) is 86.7 Å². The van der Waals surface area contributed by atoms with Crippen LogP contribution < -0.4 is 10.7 Å². The number of pyridine rings is 1. The molecule has 2 aromatic rings. The summed E-state index contributed by atoms with van der Waals surface area (Å²) in [4.78, 5) is 31.6. The van der Waals surface area contributed by atoms with Crippen molar-refractivity contribution in [1.82, 2.24) is 15.3 Å². The molecule has 0 spiro atoms. The highest BCUT2D eigenvalue weighted by Gasteiger charge is 2.25. The van der Waals surface area contributed by atoms with E-state index in [1.54, 1.807) is 31.5 Å². The third-order valence-electron chi connectivity index (χ3n) is 5.16. The van der Waals surface area contributed by atoms with Gasteiger partial charge in [-0.05, 0) is 57.1 Å². The Balaban J connectivity index is 2.22. The van der Waals surface area contributed by atoms with Gasteiger partial charge in [0.15, 0.2) is 0 Å². The van der Waals surface area contributed by atoms with Crippen molar-refractivity contribution in [2.75, 3.05) is 25.0 Å². The van der Waals surface area contributed by atoms with Gasteiger partial charge in [-0.2, -0.15) is 5.10 Å². The third-order valence-corrected chi connectivity index (χ3v) is 5.16. The highest BCUT2D eigenvalue weighted by Crippen LogP contribution is 2.21. The van der Waals surface area contributed by atoms with Gasteiger partial charge in [-0.15, -0.1) is 0 Å². The summed E-state index contributed by atoms with van der Waals surface area (Å²) < 4.78 is 0. The molecule has 7 heteroatoms. The van der Waals surface area contributed by atoms with Gasteiger partial charge in [-0.1, -0.05) is 32.0 Å². The van der Waals surface area contributed by atoms with Crippen molar-refractivity contribution >= 4 is 23.2 Å². The first-order chi connectivity index (χ1) is 14.4. The minimum absolute atomic E-state index is 0.140. The number of carbonyl (C=O) groups is 2. The van der Waals surface area contributed by atoms with Gasteiger partial charge in [-0.3, -0.25) is 14.6 Å². The fraction of sp³-hybridized carbons (Fsp3) is 0.391. The van der Waals surface area contributed by atoms with Crippen LogP contribution >= 0.6 is 0 Å². The zero-order chi connectivity index (χ0) is 22.1. The zero-order valence-electron chi connectivity index (χ0n) is 18.4. The molecule has 1 aromatic carbocycles. The highest BCUT2D eigenvalue weighted by molar-refractivity contribution is 6.09. The number of anilines is 1. The number of nitrogens with zero attached hydrogens (tertiary/aromatic N) is 3. The van der Waals surface area contributed by atoms with E-state index in [-0.39, 0.29) is 11.8 Å². The van der Waals surface area contributed by atoms with Gasteiger partial charge in [0.25, 0.3) is 5.91 Å². The van der Waals surface area contributed by atoms with Crippen molar-refractivity contribution < 1.29 is 9.59 Å². The van der Waals surface area contributed by atoms with Gasteiger partial charge in [0.05, 0.1) is 5.92 Å². The van der Waals surface area contributed by atoms with Crippen molar-refractivity contribution in [3.8, 4) is 0 Å². The van der Waals surface area contributed by atoms with Crippen LogP contribution in [-0.2, 0) is 4.79 Å². The molecule has 0 fully saturated rings. The molecule has 2 amide bonds. The lowest BCUT2D eigenvalue weighted by Crippen LogP contribution is -2.40. The minimum atomic E-state index is -0.498. The van der Waals surface area contributed by atoms with E-state index >= 15 is 0 Å². The second-order valence-corrected chi connectivity index (χ2v) is 7.22. The number of aryl methyl sites for hydroxylation is 2. The molecule has 0 saturated heterocycles. The van der Waals surface area contributed by atoms with Crippen LogP contribution in [0.4, 0.5) is 5.69 Å². The SMILES string of the molecule is CCN(CC)CC(C(=O)Nc1c(C)cccc1C)/C(C)=N/NC(=O)c1ccncc1. The summed E-state index contributed by atoms with van der Waals surface area (Å²) in [6.07, 6.45) is 3.10. The lowest BCUT2D eigenvalue weighted by molar-refractivity contribution is -0.118. The average Bonchev–Trinajstić information content (AvgIpc) is 2.75. The minimum Gasteiger partial charge on any atom is -0.325 e. The maximum Gasteiger partial charge on any atom is 0.271 e. The van der Waals surface area contributed by atoms with E-state index in [0.29, 0.717) is 17.8 Å². The van der Waals surface area contributed by atoms with Crippen molar-refractivity contribution in [3.05, 3.63) is 59.4 Å². The molecule has 0 aliphatic rings. The summed E-state index contributed by atoms with van der Waals surface area (Å²) in [6, 6.07) is 9.13. The first kappa shape index (κ1) is 23.2. The molecule has 1 atom stereocenters. The number of hydrogen-bond donors (Lipinski definition) is 2. The number of amides is 2. The molecular weight excluding hydrogens is 378 g/mol. The number of nitrogens with one attached hydrogen (secondary N) is 2. The fourth-order valence-corrected chi connectivity index (χ4v) is 3.15. The molecule has 0 aliphatic carbocycles. The fourth-order valence-electron chi connectivity index (χ4n) is 3.15. The number of para-hydroxylation sites is 1. The summed E-state index contributed by atoms with van der Waals surface area (Å²) in [5, 5.41) is 7.30. The molecule has 1 heterocycles. The van der Waals surface area contributed by atoms with E-state index in [2.05, 4.69) is 39.6 Å². The van der Waals surface area contributed by atoms with Gasteiger partial charge >= 0.3 is 0 Å². The molecule has 30 heavy (non-hydrogen) atoms. The van der Waals surface area contributed by atoms with Crippen molar-refractivity contribution in [3.63, 3.8) is 0 Å². The summed E-state index contributed by atoms with van der Waals surface area (Å²) in [5.41, 5.74) is 6.39. The molecular formula is C23H31N5O2. The molecule has 160 valence electrons. The van der Waals surface area contributed by atoms with Gasteiger partial charge in [-0.25, -0.2) is 5.43 Å². The molecule has 0 radical (unpaired) electrons. The Bertz CT molecular complexity index is 871. The molecule has 1 unspecified atom stereocenters. The smallest absolute Gasteiger partial charge is 0.271 e. The quantitative estimate of drug-likeness (QED) is 0.491. The van der Waals surface area contributed by atoms with Crippen LogP contribution in [0.5, 0.6) is 0 Å². The summed E-state index contributed by atoms with van der Waals surface area (Å²) in [7, 11) is 0. The maximum absolute atomic E-state index is 13.2. The van der Waals surface area contributed by atoms with E-state index in [4.69, 9.17) is 0 Å². The van der Waals surface area contributed by atoms with Crippen LogP contribution in [0.25, 0.3) is 0 Å². The second-order valence-electron chi connectivity index (χ2n) is 7.22. The lowest BCUT2D eigenvalue weighted by Gasteiger charge is -2.25. The van der Waals surface area contributed by atoms with E-state index in [0.717, 1.165) is 29.9 Å². The van der Waals surface area contributed by atoms with Gasteiger partial charge in [0.1, 0.15) is 0 Å². The largest absolute Gasteiger partial charge is 0.325 e. The number of benzene rings is 1. The summed E-state index contributed by atoms with van der Waals surface area (Å²) in [5.74, 6) is -0.978. The number of hydrazone groups is 1. The molecule has 2 rings (SSSR count). The average molecular weight is 410 g/mol. The number of hydrogen-bond acceptors (Lipinski definition) is 5. The van der Waals surface area contributed by atoms with E-state index in [9.17, 15) is 9.59 Å². The van der Waals surface area contributed by atoms with Crippen molar-refractivity contribution in [1.29, 1.82) is 0 Å².